The fraction of sp³-hybridized carbons (Fsp3) is 0.333. The van der Waals surface area contributed by atoms with Crippen LogP contribution < -0.4 is 5.32 Å². The Hall–Kier alpha value is -3.47. The zero-order valence-electron chi connectivity index (χ0n) is 20.7. The largest absolute Gasteiger partial charge is 0.354 e. The number of amides is 2. The summed E-state index contributed by atoms with van der Waals surface area (Å²) in [6, 6.07) is 23.4. The maximum Gasteiger partial charge on any atom is 0.243 e. The predicted molar refractivity (Wildman–Crippen MR) is 138 cm³/mol. The van der Waals surface area contributed by atoms with Crippen LogP contribution in [0.15, 0.2) is 78.9 Å². The SMILES string of the molecule is CCCCNC(=O)[C@H](Cc1ccccc1)N(Cc1ccccc1F)C(=O)CCc1ccc(C)cc1. The number of unbranched alkanes of at least 4 members (excludes halogenated alkanes) is 1. The van der Waals surface area contributed by atoms with Crippen molar-refractivity contribution in [3.63, 3.8) is 0 Å². The molecule has 35 heavy (non-hydrogen) atoms. The summed E-state index contributed by atoms with van der Waals surface area (Å²) in [5.74, 6) is -0.753. The van der Waals surface area contributed by atoms with Crippen molar-refractivity contribution in [2.24, 2.45) is 0 Å². The zero-order chi connectivity index (χ0) is 25.0. The van der Waals surface area contributed by atoms with Crippen LogP contribution in [-0.2, 0) is 29.0 Å². The van der Waals surface area contributed by atoms with Crippen LogP contribution in [0.4, 0.5) is 4.39 Å². The van der Waals surface area contributed by atoms with Crippen LogP contribution in [0.25, 0.3) is 0 Å². The lowest BCUT2D eigenvalue weighted by Gasteiger charge is -2.32. The highest BCUT2D eigenvalue weighted by Crippen LogP contribution is 2.18. The topological polar surface area (TPSA) is 49.4 Å². The van der Waals surface area contributed by atoms with Crippen LogP contribution in [0.3, 0.4) is 0 Å². The molecule has 0 spiro atoms. The Morgan fingerprint density at radius 1 is 0.914 bits per heavy atom. The second-order valence-electron chi connectivity index (χ2n) is 8.95. The minimum atomic E-state index is -0.737. The standard InChI is InChI=1S/C30H35FN2O2/c1-3-4-20-32-30(35)28(21-25-10-6-5-7-11-25)33(22-26-12-8-9-13-27(26)31)29(34)19-18-24-16-14-23(2)15-17-24/h5-17,28H,3-4,18-22H2,1-2H3,(H,32,35)/t28-/m0/s1. The van der Waals surface area contributed by atoms with Gasteiger partial charge in [0, 0.05) is 31.5 Å². The highest BCUT2D eigenvalue weighted by atomic mass is 19.1. The molecule has 0 saturated heterocycles. The number of carbonyl (C=O) groups is 2. The van der Waals surface area contributed by atoms with Crippen molar-refractivity contribution in [2.45, 2.75) is 58.5 Å². The maximum absolute atomic E-state index is 14.6. The van der Waals surface area contributed by atoms with Gasteiger partial charge in [0.05, 0.1) is 0 Å². The Morgan fingerprint density at radius 3 is 2.29 bits per heavy atom. The summed E-state index contributed by atoms with van der Waals surface area (Å²) in [6.45, 7) is 4.67. The summed E-state index contributed by atoms with van der Waals surface area (Å²) in [6.07, 6.45) is 2.98. The van der Waals surface area contributed by atoms with E-state index < -0.39 is 6.04 Å². The van der Waals surface area contributed by atoms with E-state index in [1.54, 1.807) is 23.1 Å². The smallest absolute Gasteiger partial charge is 0.243 e. The number of nitrogens with one attached hydrogen (secondary N) is 1. The fourth-order valence-electron chi connectivity index (χ4n) is 4.02. The van der Waals surface area contributed by atoms with E-state index in [0.717, 1.165) is 29.5 Å². The van der Waals surface area contributed by atoms with E-state index >= 15 is 0 Å². The molecule has 1 N–H and O–H groups in total. The first kappa shape index (κ1) is 26.1. The van der Waals surface area contributed by atoms with Crippen LogP contribution in [0.5, 0.6) is 0 Å². The molecule has 2 amide bonds. The van der Waals surface area contributed by atoms with Crippen LogP contribution in [0.1, 0.15) is 48.4 Å². The maximum atomic E-state index is 14.6. The molecule has 0 aliphatic heterocycles. The van der Waals surface area contributed by atoms with Crippen molar-refractivity contribution < 1.29 is 14.0 Å². The third kappa shape index (κ3) is 8.06. The van der Waals surface area contributed by atoms with Gasteiger partial charge in [-0.1, -0.05) is 91.7 Å². The monoisotopic (exact) mass is 474 g/mol. The minimum absolute atomic E-state index is 0.0398. The number of aryl methyl sites for hydroxylation is 2. The molecule has 4 nitrogen and oxygen atoms in total. The van der Waals surface area contributed by atoms with E-state index in [-0.39, 0.29) is 30.6 Å². The zero-order valence-corrected chi connectivity index (χ0v) is 20.7. The second-order valence-corrected chi connectivity index (χ2v) is 8.95. The van der Waals surface area contributed by atoms with Crippen LogP contribution >= 0.6 is 0 Å². The molecule has 3 aromatic carbocycles. The normalized spacial score (nSPS) is 11.6. The molecule has 3 aromatic rings. The van der Waals surface area contributed by atoms with Crippen LogP contribution in [0.2, 0.25) is 0 Å². The Balaban J connectivity index is 1.88. The van der Waals surface area contributed by atoms with Crippen molar-refractivity contribution >= 4 is 11.8 Å². The lowest BCUT2D eigenvalue weighted by atomic mass is 10.0. The lowest BCUT2D eigenvalue weighted by molar-refractivity contribution is -0.141. The van der Waals surface area contributed by atoms with E-state index in [4.69, 9.17) is 0 Å². The molecule has 3 rings (SSSR count). The van der Waals surface area contributed by atoms with E-state index in [1.807, 2.05) is 61.5 Å². The van der Waals surface area contributed by atoms with Crippen LogP contribution in [-0.4, -0.2) is 29.3 Å². The first-order valence-electron chi connectivity index (χ1n) is 12.4. The number of nitrogens with zero attached hydrogens (tertiary/aromatic N) is 1. The van der Waals surface area contributed by atoms with Gasteiger partial charge < -0.3 is 10.2 Å². The molecule has 5 heteroatoms. The molecule has 0 aliphatic rings. The quantitative estimate of drug-likeness (QED) is 0.346. The Bertz CT molecular complexity index is 1080. The van der Waals surface area contributed by atoms with E-state index in [0.29, 0.717) is 24.9 Å². The van der Waals surface area contributed by atoms with Crippen LogP contribution in [0, 0.1) is 12.7 Å². The summed E-state index contributed by atoms with van der Waals surface area (Å²) in [5, 5.41) is 2.99. The van der Waals surface area contributed by atoms with Gasteiger partial charge in [0.1, 0.15) is 11.9 Å². The van der Waals surface area contributed by atoms with Crippen molar-refractivity contribution in [3.8, 4) is 0 Å². The molecule has 0 radical (unpaired) electrons. The van der Waals surface area contributed by atoms with Crippen molar-refractivity contribution in [2.75, 3.05) is 6.54 Å². The number of carbonyl (C=O) groups excluding carboxylic acids is 2. The van der Waals surface area contributed by atoms with Crippen molar-refractivity contribution in [1.82, 2.24) is 10.2 Å². The molecule has 0 bridgehead atoms. The van der Waals surface area contributed by atoms with Gasteiger partial charge in [0.2, 0.25) is 11.8 Å². The van der Waals surface area contributed by atoms with Gasteiger partial charge in [0.25, 0.3) is 0 Å². The van der Waals surface area contributed by atoms with Crippen molar-refractivity contribution in [1.29, 1.82) is 0 Å². The predicted octanol–water partition coefficient (Wildman–Crippen LogP) is 5.62. The summed E-state index contributed by atoms with van der Waals surface area (Å²) in [5.41, 5.74) is 3.57. The van der Waals surface area contributed by atoms with E-state index in [1.165, 1.54) is 6.07 Å². The summed E-state index contributed by atoms with van der Waals surface area (Å²) < 4.78 is 14.6. The number of hydrogen-bond acceptors (Lipinski definition) is 2. The molecule has 1 atom stereocenters. The van der Waals surface area contributed by atoms with Gasteiger partial charge in [-0.2, -0.15) is 0 Å². The first-order chi connectivity index (χ1) is 17.0. The Morgan fingerprint density at radius 2 is 1.60 bits per heavy atom. The van der Waals surface area contributed by atoms with Gasteiger partial charge in [-0.25, -0.2) is 4.39 Å². The van der Waals surface area contributed by atoms with E-state index in [9.17, 15) is 14.0 Å². The Labute approximate surface area is 208 Å². The molecular weight excluding hydrogens is 439 g/mol. The summed E-state index contributed by atoms with van der Waals surface area (Å²) in [4.78, 5) is 28.5. The first-order valence-corrected chi connectivity index (χ1v) is 12.4. The summed E-state index contributed by atoms with van der Waals surface area (Å²) >= 11 is 0. The highest BCUT2D eigenvalue weighted by molar-refractivity contribution is 5.88. The minimum Gasteiger partial charge on any atom is -0.354 e. The average Bonchev–Trinajstić information content (AvgIpc) is 2.87. The van der Waals surface area contributed by atoms with Gasteiger partial charge in [0.15, 0.2) is 0 Å². The lowest BCUT2D eigenvalue weighted by Crippen LogP contribution is -2.50. The number of halogens is 1. The molecule has 0 unspecified atom stereocenters. The van der Waals surface area contributed by atoms with Gasteiger partial charge in [-0.05, 0) is 37.0 Å². The third-order valence-corrected chi connectivity index (χ3v) is 6.15. The number of hydrogen-bond donors (Lipinski definition) is 1. The molecule has 0 aliphatic carbocycles. The van der Waals surface area contributed by atoms with Gasteiger partial charge >= 0.3 is 0 Å². The molecule has 0 aromatic heterocycles. The highest BCUT2D eigenvalue weighted by Gasteiger charge is 2.30. The average molecular weight is 475 g/mol. The van der Waals surface area contributed by atoms with Crippen molar-refractivity contribution in [3.05, 3.63) is 107 Å². The molecule has 0 heterocycles. The van der Waals surface area contributed by atoms with Gasteiger partial charge in [-0.3, -0.25) is 9.59 Å². The number of benzene rings is 3. The summed E-state index contributed by atoms with van der Waals surface area (Å²) in [7, 11) is 0. The third-order valence-electron chi connectivity index (χ3n) is 6.15. The van der Waals surface area contributed by atoms with Gasteiger partial charge in [-0.15, -0.1) is 0 Å². The fourth-order valence-corrected chi connectivity index (χ4v) is 4.02. The second kappa shape index (κ2) is 13.4. The molecule has 0 saturated carbocycles. The van der Waals surface area contributed by atoms with E-state index in [2.05, 4.69) is 12.2 Å². The number of rotatable bonds is 12. The molecule has 184 valence electrons. The molecular formula is C30H35FN2O2. The Kier molecular flexibility index (Phi) is 10.0. The molecule has 0 fully saturated rings.